The Hall–Kier alpha value is -0.620. The van der Waals surface area contributed by atoms with Crippen molar-refractivity contribution in [2.24, 2.45) is 0 Å². The third-order valence-corrected chi connectivity index (χ3v) is 2.71. The SMILES string of the molecule is ClCCc1nnc(-c2cccc(I)c2)o1. The molecule has 3 nitrogen and oxygen atoms in total. The summed E-state index contributed by atoms with van der Waals surface area (Å²) in [6, 6.07) is 7.92. The van der Waals surface area contributed by atoms with Crippen molar-refractivity contribution in [3.8, 4) is 11.5 Å². The van der Waals surface area contributed by atoms with E-state index in [0.29, 0.717) is 24.1 Å². The molecule has 2 aromatic rings. The van der Waals surface area contributed by atoms with Crippen molar-refractivity contribution in [3.63, 3.8) is 0 Å². The molecule has 0 fully saturated rings. The van der Waals surface area contributed by atoms with Gasteiger partial charge in [0.1, 0.15) is 0 Å². The quantitative estimate of drug-likeness (QED) is 0.639. The van der Waals surface area contributed by atoms with Crippen LogP contribution in [0.3, 0.4) is 0 Å². The first-order chi connectivity index (χ1) is 7.29. The average Bonchev–Trinajstić information content (AvgIpc) is 2.67. The van der Waals surface area contributed by atoms with Gasteiger partial charge in [-0.1, -0.05) is 6.07 Å². The van der Waals surface area contributed by atoms with Gasteiger partial charge in [0.25, 0.3) is 0 Å². The first-order valence-corrected chi connectivity index (χ1v) is 6.05. The highest BCUT2D eigenvalue weighted by molar-refractivity contribution is 14.1. The fraction of sp³-hybridized carbons (Fsp3) is 0.200. The molecule has 0 aliphatic rings. The molecule has 0 aliphatic carbocycles. The number of halogens is 2. The lowest BCUT2D eigenvalue weighted by Gasteiger charge is -1.94. The number of aromatic nitrogens is 2. The summed E-state index contributed by atoms with van der Waals surface area (Å²) in [6.45, 7) is 0. The van der Waals surface area contributed by atoms with Crippen molar-refractivity contribution < 1.29 is 4.42 Å². The van der Waals surface area contributed by atoms with Crippen LogP contribution < -0.4 is 0 Å². The van der Waals surface area contributed by atoms with E-state index in [-0.39, 0.29) is 0 Å². The minimum Gasteiger partial charge on any atom is -0.421 e. The van der Waals surface area contributed by atoms with Gasteiger partial charge in [0.2, 0.25) is 11.8 Å². The summed E-state index contributed by atoms with van der Waals surface area (Å²) < 4.78 is 6.60. The Morgan fingerprint density at radius 1 is 1.33 bits per heavy atom. The Bertz CT molecular complexity index is 458. The van der Waals surface area contributed by atoms with Gasteiger partial charge in [0.15, 0.2) is 0 Å². The largest absolute Gasteiger partial charge is 0.421 e. The normalized spacial score (nSPS) is 10.5. The average molecular weight is 335 g/mol. The number of aryl methyl sites for hydroxylation is 1. The Balaban J connectivity index is 2.29. The van der Waals surface area contributed by atoms with Gasteiger partial charge in [-0.25, -0.2) is 0 Å². The van der Waals surface area contributed by atoms with Crippen LogP contribution in [0.5, 0.6) is 0 Å². The second-order valence-electron chi connectivity index (χ2n) is 2.95. The molecule has 2 rings (SSSR count). The Morgan fingerprint density at radius 3 is 2.93 bits per heavy atom. The van der Waals surface area contributed by atoms with Crippen LogP contribution in [0.25, 0.3) is 11.5 Å². The smallest absolute Gasteiger partial charge is 0.247 e. The highest BCUT2D eigenvalue weighted by atomic mass is 127. The topological polar surface area (TPSA) is 38.9 Å². The maximum absolute atomic E-state index is 5.59. The molecule has 1 aromatic heterocycles. The van der Waals surface area contributed by atoms with E-state index in [0.717, 1.165) is 9.13 Å². The van der Waals surface area contributed by atoms with Gasteiger partial charge in [-0.3, -0.25) is 0 Å². The zero-order chi connectivity index (χ0) is 10.7. The van der Waals surface area contributed by atoms with Crippen molar-refractivity contribution in [2.45, 2.75) is 6.42 Å². The van der Waals surface area contributed by atoms with Gasteiger partial charge in [-0.2, -0.15) is 0 Å². The number of hydrogen-bond acceptors (Lipinski definition) is 3. The third kappa shape index (κ3) is 2.69. The zero-order valence-corrected chi connectivity index (χ0v) is 10.7. The Morgan fingerprint density at radius 2 is 2.20 bits per heavy atom. The van der Waals surface area contributed by atoms with Crippen LogP contribution in [0.2, 0.25) is 0 Å². The highest BCUT2D eigenvalue weighted by Gasteiger charge is 2.07. The molecular weight excluding hydrogens is 326 g/mol. The fourth-order valence-electron chi connectivity index (χ4n) is 1.17. The van der Waals surface area contributed by atoms with Crippen LogP contribution in [-0.2, 0) is 6.42 Å². The van der Waals surface area contributed by atoms with E-state index in [2.05, 4.69) is 32.8 Å². The molecule has 0 spiro atoms. The standard InChI is InChI=1S/C10H8ClIN2O/c11-5-4-9-13-14-10(15-9)7-2-1-3-8(12)6-7/h1-3,6H,4-5H2. The predicted octanol–water partition coefficient (Wildman–Crippen LogP) is 3.12. The van der Waals surface area contributed by atoms with Crippen LogP contribution in [-0.4, -0.2) is 16.1 Å². The van der Waals surface area contributed by atoms with Gasteiger partial charge < -0.3 is 4.42 Å². The molecule has 0 aliphatic heterocycles. The summed E-state index contributed by atoms with van der Waals surface area (Å²) in [7, 11) is 0. The molecule has 0 saturated carbocycles. The van der Waals surface area contributed by atoms with Crippen molar-refractivity contribution in [3.05, 3.63) is 33.7 Å². The van der Waals surface area contributed by atoms with Gasteiger partial charge >= 0.3 is 0 Å². The van der Waals surface area contributed by atoms with Crippen LogP contribution >= 0.6 is 34.2 Å². The number of benzene rings is 1. The molecular formula is C10H8ClIN2O. The van der Waals surface area contributed by atoms with E-state index < -0.39 is 0 Å². The summed E-state index contributed by atoms with van der Waals surface area (Å²) in [4.78, 5) is 0. The van der Waals surface area contributed by atoms with E-state index in [1.807, 2.05) is 24.3 Å². The number of nitrogens with zero attached hydrogens (tertiary/aromatic N) is 2. The molecule has 0 bridgehead atoms. The maximum Gasteiger partial charge on any atom is 0.247 e. The summed E-state index contributed by atoms with van der Waals surface area (Å²) in [5, 5.41) is 7.88. The number of alkyl halides is 1. The molecule has 0 N–H and O–H groups in total. The molecule has 0 amide bonds. The van der Waals surface area contributed by atoms with Gasteiger partial charge in [-0.15, -0.1) is 21.8 Å². The molecule has 0 atom stereocenters. The van der Waals surface area contributed by atoms with Gasteiger partial charge in [0, 0.05) is 21.4 Å². The van der Waals surface area contributed by atoms with E-state index in [9.17, 15) is 0 Å². The zero-order valence-electron chi connectivity index (χ0n) is 7.78. The molecule has 15 heavy (non-hydrogen) atoms. The van der Waals surface area contributed by atoms with Crippen molar-refractivity contribution >= 4 is 34.2 Å². The summed E-state index contributed by atoms with van der Waals surface area (Å²) >= 11 is 7.83. The predicted molar refractivity (Wildman–Crippen MR) is 66.9 cm³/mol. The first kappa shape index (κ1) is 10.9. The monoisotopic (exact) mass is 334 g/mol. The first-order valence-electron chi connectivity index (χ1n) is 4.44. The van der Waals surface area contributed by atoms with Crippen LogP contribution in [0.4, 0.5) is 0 Å². The lowest BCUT2D eigenvalue weighted by molar-refractivity contribution is 0.513. The summed E-state index contributed by atoms with van der Waals surface area (Å²) in [5.74, 6) is 1.63. The molecule has 0 radical (unpaired) electrons. The van der Waals surface area contributed by atoms with E-state index in [1.165, 1.54) is 0 Å². The molecule has 5 heteroatoms. The van der Waals surface area contributed by atoms with Crippen molar-refractivity contribution in [2.75, 3.05) is 5.88 Å². The summed E-state index contributed by atoms with van der Waals surface area (Å²) in [5.41, 5.74) is 0.940. The van der Waals surface area contributed by atoms with E-state index in [4.69, 9.17) is 16.0 Å². The van der Waals surface area contributed by atoms with E-state index in [1.54, 1.807) is 0 Å². The number of hydrogen-bond donors (Lipinski definition) is 0. The fourth-order valence-corrected chi connectivity index (χ4v) is 1.88. The van der Waals surface area contributed by atoms with Crippen LogP contribution in [0, 0.1) is 3.57 Å². The molecule has 0 saturated heterocycles. The maximum atomic E-state index is 5.59. The van der Waals surface area contributed by atoms with Crippen LogP contribution in [0.15, 0.2) is 28.7 Å². The lowest BCUT2D eigenvalue weighted by atomic mass is 10.2. The number of rotatable bonds is 3. The van der Waals surface area contributed by atoms with Crippen molar-refractivity contribution in [1.29, 1.82) is 0 Å². The molecule has 1 heterocycles. The third-order valence-electron chi connectivity index (χ3n) is 1.85. The second kappa shape index (κ2) is 4.94. The van der Waals surface area contributed by atoms with E-state index >= 15 is 0 Å². The molecule has 1 aromatic carbocycles. The van der Waals surface area contributed by atoms with Crippen molar-refractivity contribution in [1.82, 2.24) is 10.2 Å². The Kier molecular flexibility index (Phi) is 3.58. The second-order valence-corrected chi connectivity index (χ2v) is 4.57. The van der Waals surface area contributed by atoms with Gasteiger partial charge in [0.05, 0.1) is 0 Å². The minimum absolute atomic E-state index is 0.494. The lowest BCUT2D eigenvalue weighted by Crippen LogP contribution is -1.84. The molecule has 78 valence electrons. The Labute approximate surface area is 106 Å². The van der Waals surface area contributed by atoms with Gasteiger partial charge in [-0.05, 0) is 40.8 Å². The summed E-state index contributed by atoms with van der Waals surface area (Å²) in [6.07, 6.45) is 0.610. The minimum atomic E-state index is 0.494. The highest BCUT2D eigenvalue weighted by Crippen LogP contribution is 2.20. The molecule has 0 unspecified atom stereocenters. The van der Waals surface area contributed by atoms with Crippen LogP contribution in [0.1, 0.15) is 5.89 Å².